The average molecular weight is 231 g/mol. The molecule has 90 valence electrons. The third-order valence-electron chi connectivity index (χ3n) is 2.66. The van der Waals surface area contributed by atoms with E-state index in [0.29, 0.717) is 0 Å². The van der Waals surface area contributed by atoms with Crippen molar-refractivity contribution in [3.8, 4) is 17.0 Å². The van der Waals surface area contributed by atoms with E-state index in [4.69, 9.17) is 9.26 Å². The molecule has 0 saturated carbocycles. The third kappa shape index (κ3) is 2.49. The highest BCUT2D eigenvalue weighted by Crippen LogP contribution is 2.26. The molecule has 0 N–H and O–H groups in total. The summed E-state index contributed by atoms with van der Waals surface area (Å²) in [5, 5.41) is 4.06. The van der Waals surface area contributed by atoms with Crippen LogP contribution in [0.4, 0.5) is 0 Å². The quantitative estimate of drug-likeness (QED) is 0.807. The van der Waals surface area contributed by atoms with Gasteiger partial charge in [-0.25, -0.2) is 0 Å². The maximum absolute atomic E-state index is 5.60. The van der Waals surface area contributed by atoms with Gasteiger partial charge in [0.05, 0.1) is 6.10 Å². The lowest BCUT2D eigenvalue weighted by Crippen LogP contribution is -2.05. The number of ether oxygens (including phenoxy) is 1. The van der Waals surface area contributed by atoms with Crippen molar-refractivity contribution in [2.24, 2.45) is 0 Å². The van der Waals surface area contributed by atoms with Gasteiger partial charge in [0.15, 0.2) is 0 Å². The van der Waals surface area contributed by atoms with Gasteiger partial charge in [0.1, 0.15) is 17.2 Å². The second-order valence-corrected chi connectivity index (χ2v) is 4.40. The number of rotatable bonds is 3. The SMILES string of the molecule is Cc1onc(-c2ccc(OC(C)C)cc2)c1C. The fourth-order valence-electron chi connectivity index (χ4n) is 1.65. The van der Waals surface area contributed by atoms with Crippen molar-refractivity contribution >= 4 is 0 Å². The van der Waals surface area contributed by atoms with Crippen molar-refractivity contribution in [1.29, 1.82) is 0 Å². The largest absolute Gasteiger partial charge is 0.491 e. The summed E-state index contributed by atoms with van der Waals surface area (Å²) < 4.78 is 10.8. The van der Waals surface area contributed by atoms with E-state index in [9.17, 15) is 0 Å². The molecule has 0 bridgehead atoms. The lowest BCUT2D eigenvalue weighted by atomic mass is 10.1. The molecule has 3 nitrogen and oxygen atoms in total. The summed E-state index contributed by atoms with van der Waals surface area (Å²) in [6.07, 6.45) is 0.192. The van der Waals surface area contributed by atoms with Gasteiger partial charge in [-0.05, 0) is 52.0 Å². The fraction of sp³-hybridized carbons (Fsp3) is 0.357. The van der Waals surface area contributed by atoms with Gasteiger partial charge in [0.25, 0.3) is 0 Å². The number of hydrogen-bond acceptors (Lipinski definition) is 3. The molecule has 0 unspecified atom stereocenters. The van der Waals surface area contributed by atoms with Crippen LogP contribution in [0.1, 0.15) is 25.2 Å². The molecule has 1 heterocycles. The first-order valence-corrected chi connectivity index (χ1v) is 5.78. The summed E-state index contributed by atoms with van der Waals surface area (Å²) >= 11 is 0. The smallest absolute Gasteiger partial charge is 0.137 e. The van der Waals surface area contributed by atoms with E-state index >= 15 is 0 Å². The van der Waals surface area contributed by atoms with Gasteiger partial charge in [0, 0.05) is 11.1 Å². The number of benzene rings is 1. The summed E-state index contributed by atoms with van der Waals surface area (Å²) in [6, 6.07) is 7.92. The summed E-state index contributed by atoms with van der Waals surface area (Å²) in [7, 11) is 0. The molecule has 2 aromatic rings. The minimum Gasteiger partial charge on any atom is -0.491 e. The zero-order valence-electron chi connectivity index (χ0n) is 10.7. The number of aryl methyl sites for hydroxylation is 1. The Balaban J connectivity index is 2.26. The number of nitrogens with zero attached hydrogens (tertiary/aromatic N) is 1. The molecule has 0 radical (unpaired) electrons. The standard InChI is InChI=1S/C14H17NO2/c1-9(2)16-13-7-5-12(6-8-13)14-10(3)11(4)17-15-14/h5-9H,1-4H3. The average Bonchev–Trinajstić information content (AvgIpc) is 2.60. The van der Waals surface area contributed by atoms with Crippen LogP contribution >= 0.6 is 0 Å². The van der Waals surface area contributed by atoms with Crippen LogP contribution in [0.2, 0.25) is 0 Å². The van der Waals surface area contributed by atoms with Crippen LogP contribution in [0, 0.1) is 13.8 Å². The molecule has 0 amide bonds. The van der Waals surface area contributed by atoms with Crippen LogP contribution < -0.4 is 4.74 Å². The molecule has 3 heteroatoms. The van der Waals surface area contributed by atoms with Crippen LogP contribution in [0.25, 0.3) is 11.3 Å². The molecular formula is C14H17NO2. The summed E-state index contributed by atoms with van der Waals surface area (Å²) in [5.41, 5.74) is 3.04. The predicted octanol–water partition coefficient (Wildman–Crippen LogP) is 3.75. The molecule has 0 aliphatic heterocycles. The maximum Gasteiger partial charge on any atom is 0.137 e. The highest BCUT2D eigenvalue weighted by Gasteiger charge is 2.10. The van der Waals surface area contributed by atoms with Gasteiger partial charge >= 0.3 is 0 Å². The second-order valence-electron chi connectivity index (χ2n) is 4.40. The molecule has 2 rings (SSSR count). The van der Waals surface area contributed by atoms with Crippen LogP contribution in [-0.4, -0.2) is 11.3 Å². The summed E-state index contributed by atoms with van der Waals surface area (Å²) in [6.45, 7) is 7.96. The van der Waals surface area contributed by atoms with Crippen molar-refractivity contribution in [1.82, 2.24) is 5.16 Å². The molecule has 0 atom stereocenters. The van der Waals surface area contributed by atoms with Crippen LogP contribution in [0.15, 0.2) is 28.8 Å². The van der Waals surface area contributed by atoms with E-state index < -0.39 is 0 Å². The second kappa shape index (κ2) is 4.62. The van der Waals surface area contributed by atoms with Crippen molar-refractivity contribution in [3.63, 3.8) is 0 Å². The Labute approximate surface area is 101 Å². The van der Waals surface area contributed by atoms with Gasteiger partial charge in [-0.15, -0.1) is 0 Å². The zero-order chi connectivity index (χ0) is 12.4. The van der Waals surface area contributed by atoms with Crippen molar-refractivity contribution < 1.29 is 9.26 Å². The minimum absolute atomic E-state index is 0.192. The fourth-order valence-corrected chi connectivity index (χ4v) is 1.65. The first-order chi connectivity index (χ1) is 8.08. The monoisotopic (exact) mass is 231 g/mol. The molecule has 1 aromatic carbocycles. The Kier molecular flexibility index (Phi) is 3.18. The Bertz CT molecular complexity index is 497. The Morgan fingerprint density at radius 1 is 1.12 bits per heavy atom. The zero-order valence-corrected chi connectivity index (χ0v) is 10.7. The van der Waals surface area contributed by atoms with Gasteiger partial charge in [-0.3, -0.25) is 0 Å². The third-order valence-corrected chi connectivity index (χ3v) is 2.66. The molecular weight excluding hydrogens is 214 g/mol. The van der Waals surface area contributed by atoms with Gasteiger partial charge in [-0.1, -0.05) is 5.16 Å². The van der Waals surface area contributed by atoms with Crippen molar-refractivity contribution in [3.05, 3.63) is 35.6 Å². The minimum atomic E-state index is 0.192. The normalized spacial score (nSPS) is 10.9. The molecule has 0 spiro atoms. The first-order valence-electron chi connectivity index (χ1n) is 5.78. The summed E-state index contributed by atoms with van der Waals surface area (Å²) in [5.74, 6) is 1.74. The molecule has 0 fully saturated rings. The highest BCUT2D eigenvalue weighted by atomic mass is 16.5. The Hall–Kier alpha value is -1.77. The number of aromatic nitrogens is 1. The maximum atomic E-state index is 5.60. The van der Waals surface area contributed by atoms with Gasteiger partial charge in [-0.2, -0.15) is 0 Å². The lowest BCUT2D eigenvalue weighted by molar-refractivity contribution is 0.242. The van der Waals surface area contributed by atoms with Crippen LogP contribution in [0.3, 0.4) is 0 Å². The van der Waals surface area contributed by atoms with E-state index in [1.165, 1.54) is 0 Å². The van der Waals surface area contributed by atoms with E-state index in [2.05, 4.69) is 5.16 Å². The topological polar surface area (TPSA) is 35.3 Å². The predicted molar refractivity (Wildman–Crippen MR) is 67.2 cm³/mol. The Morgan fingerprint density at radius 2 is 1.76 bits per heavy atom. The molecule has 1 aromatic heterocycles. The van der Waals surface area contributed by atoms with Crippen LogP contribution in [0.5, 0.6) is 5.75 Å². The van der Waals surface area contributed by atoms with E-state index in [1.807, 2.05) is 52.0 Å². The molecule has 0 aliphatic carbocycles. The molecule has 17 heavy (non-hydrogen) atoms. The van der Waals surface area contributed by atoms with Gasteiger partial charge in [0.2, 0.25) is 0 Å². The molecule has 0 aliphatic rings. The highest BCUT2D eigenvalue weighted by molar-refractivity contribution is 5.63. The Morgan fingerprint density at radius 3 is 2.24 bits per heavy atom. The van der Waals surface area contributed by atoms with Crippen LogP contribution in [-0.2, 0) is 0 Å². The lowest BCUT2D eigenvalue weighted by Gasteiger charge is -2.09. The first kappa shape index (κ1) is 11.7. The molecule has 0 saturated heterocycles. The number of hydrogen-bond donors (Lipinski definition) is 0. The van der Waals surface area contributed by atoms with Crippen molar-refractivity contribution in [2.45, 2.75) is 33.8 Å². The van der Waals surface area contributed by atoms with Gasteiger partial charge < -0.3 is 9.26 Å². The summed E-state index contributed by atoms with van der Waals surface area (Å²) in [4.78, 5) is 0. The van der Waals surface area contributed by atoms with E-state index in [1.54, 1.807) is 0 Å². The van der Waals surface area contributed by atoms with Crippen molar-refractivity contribution in [2.75, 3.05) is 0 Å². The van der Waals surface area contributed by atoms with E-state index in [-0.39, 0.29) is 6.10 Å². The van der Waals surface area contributed by atoms with E-state index in [0.717, 1.165) is 28.3 Å².